The molecule has 25 heavy (non-hydrogen) atoms. The van der Waals surface area contributed by atoms with Crippen molar-refractivity contribution in [1.29, 1.82) is 0 Å². The quantitative estimate of drug-likeness (QED) is 0.726. The summed E-state index contributed by atoms with van der Waals surface area (Å²) in [5.41, 5.74) is 4.00. The summed E-state index contributed by atoms with van der Waals surface area (Å²) in [5.74, 6) is -0.234. The van der Waals surface area contributed by atoms with E-state index >= 15 is 0 Å². The molecule has 1 aromatic heterocycles. The van der Waals surface area contributed by atoms with Crippen molar-refractivity contribution in [3.8, 4) is 11.3 Å². The number of benzene rings is 2. The van der Waals surface area contributed by atoms with E-state index in [9.17, 15) is 9.59 Å². The fraction of sp³-hybridized carbons (Fsp3) is 0.0556. The number of nitrogens with zero attached hydrogens (tertiary/aromatic N) is 1. The Bertz CT molecular complexity index is 982. The molecule has 124 valence electrons. The Morgan fingerprint density at radius 1 is 1.20 bits per heavy atom. The third-order valence-electron chi connectivity index (χ3n) is 3.86. The predicted molar refractivity (Wildman–Crippen MR) is 99.3 cm³/mol. The summed E-state index contributed by atoms with van der Waals surface area (Å²) in [6, 6.07) is 12.4. The molecule has 0 saturated heterocycles. The number of carbonyl (C=O) groups excluding carboxylic acids is 2. The second-order valence-electron chi connectivity index (χ2n) is 5.60. The van der Waals surface area contributed by atoms with Gasteiger partial charge >= 0.3 is 0 Å². The molecule has 2 N–H and O–H groups in total. The number of nitrogens with one attached hydrogen (secondary N) is 2. The summed E-state index contributed by atoms with van der Waals surface area (Å²) >= 11 is 7.18. The van der Waals surface area contributed by atoms with Crippen LogP contribution in [0.2, 0.25) is 5.02 Å². The Kier molecular flexibility index (Phi) is 3.99. The van der Waals surface area contributed by atoms with Crippen LogP contribution in [0.3, 0.4) is 0 Å². The van der Waals surface area contributed by atoms with Crippen molar-refractivity contribution in [1.82, 2.24) is 4.98 Å². The van der Waals surface area contributed by atoms with Gasteiger partial charge in [-0.2, -0.15) is 0 Å². The molecule has 2 amide bonds. The van der Waals surface area contributed by atoms with Crippen LogP contribution < -0.4 is 10.6 Å². The van der Waals surface area contributed by atoms with E-state index < -0.39 is 0 Å². The maximum atomic E-state index is 12.2. The zero-order chi connectivity index (χ0) is 17.4. The van der Waals surface area contributed by atoms with E-state index in [1.807, 2.05) is 23.6 Å². The predicted octanol–water partition coefficient (Wildman–Crippen LogP) is 4.21. The van der Waals surface area contributed by atoms with Crippen LogP contribution in [-0.2, 0) is 11.2 Å². The molecule has 0 saturated carbocycles. The number of carbonyl (C=O) groups is 2. The highest BCUT2D eigenvalue weighted by Gasteiger charge is 2.18. The zero-order valence-corrected chi connectivity index (χ0v) is 14.4. The summed E-state index contributed by atoms with van der Waals surface area (Å²) < 4.78 is 0. The van der Waals surface area contributed by atoms with Crippen molar-refractivity contribution >= 4 is 45.6 Å². The third kappa shape index (κ3) is 3.26. The monoisotopic (exact) mass is 369 g/mol. The lowest BCUT2D eigenvalue weighted by molar-refractivity contribution is -0.115. The van der Waals surface area contributed by atoms with Crippen LogP contribution in [0.25, 0.3) is 11.3 Å². The van der Waals surface area contributed by atoms with E-state index in [0.29, 0.717) is 22.1 Å². The van der Waals surface area contributed by atoms with E-state index in [2.05, 4.69) is 15.6 Å². The molecule has 2 aromatic carbocycles. The second-order valence-corrected chi connectivity index (χ2v) is 6.89. The highest BCUT2D eigenvalue weighted by Crippen LogP contribution is 2.31. The number of aromatic nitrogens is 1. The van der Waals surface area contributed by atoms with Crippen molar-refractivity contribution in [2.45, 2.75) is 6.42 Å². The summed E-state index contributed by atoms with van der Waals surface area (Å²) in [5, 5.41) is 8.57. The molecule has 1 aliphatic rings. The van der Waals surface area contributed by atoms with Gasteiger partial charge in [0.25, 0.3) is 5.91 Å². The minimum atomic E-state index is -0.235. The number of anilines is 2. The van der Waals surface area contributed by atoms with Gasteiger partial charge in [0.2, 0.25) is 5.91 Å². The fourth-order valence-corrected chi connectivity index (χ4v) is 3.46. The average Bonchev–Trinajstić information content (AvgIpc) is 3.20. The summed E-state index contributed by atoms with van der Waals surface area (Å²) in [7, 11) is 0. The third-order valence-corrected chi connectivity index (χ3v) is 4.87. The van der Waals surface area contributed by atoms with Crippen LogP contribution in [0.15, 0.2) is 47.8 Å². The molecule has 0 aliphatic carbocycles. The SMILES string of the molecule is O=C1Cc2cc(-c3csc(NC(=O)c4ccc(Cl)cc4)n3)ccc2N1. The van der Waals surface area contributed by atoms with Gasteiger partial charge in [-0.3, -0.25) is 14.9 Å². The molecular weight excluding hydrogens is 358 g/mol. The van der Waals surface area contributed by atoms with Crippen LogP contribution in [-0.4, -0.2) is 16.8 Å². The average molecular weight is 370 g/mol. The first-order valence-corrected chi connectivity index (χ1v) is 8.80. The van der Waals surface area contributed by atoms with E-state index in [0.717, 1.165) is 22.5 Å². The Morgan fingerprint density at radius 3 is 2.80 bits per heavy atom. The van der Waals surface area contributed by atoms with E-state index in [-0.39, 0.29) is 11.8 Å². The maximum Gasteiger partial charge on any atom is 0.257 e. The number of rotatable bonds is 3. The van der Waals surface area contributed by atoms with Crippen LogP contribution in [0.1, 0.15) is 15.9 Å². The molecule has 0 radical (unpaired) electrons. The van der Waals surface area contributed by atoms with Gasteiger partial charge in [0.15, 0.2) is 5.13 Å². The van der Waals surface area contributed by atoms with Crippen molar-refractivity contribution in [2.75, 3.05) is 10.6 Å². The number of hydrogen-bond acceptors (Lipinski definition) is 4. The van der Waals surface area contributed by atoms with E-state index in [4.69, 9.17) is 11.6 Å². The lowest BCUT2D eigenvalue weighted by atomic mass is 10.1. The largest absolute Gasteiger partial charge is 0.326 e. The van der Waals surface area contributed by atoms with Crippen LogP contribution in [0.5, 0.6) is 0 Å². The van der Waals surface area contributed by atoms with Crippen LogP contribution >= 0.6 is 22.9 Å². The van der Waals surface area contributed by atoms with E-state index in [1.54, 1.807) is 24.3 Å². The number of thiazole rings is 1. The van der Waals surface area contributed by atoms with Crippen molar-refractivity contribution in [2.24, 2.45) is 0 Å². The first kappa shape index (κ1) is 15.8. The van der Waals surface area contributed by atoms with Gasteiger partial charge in [-0.15, -0.1) is 11.3 Å². The Hall–Kier alpha value is -2.70. The van der Waals surface area contributed by atoms with Gasteiger partial charge in [0.1, 0.15) is 0 Å². The lowest BCUT2D eigenvalue weighted by Gasteiger charge is -2.02. The van der Waals surface area contributed by atoms with E-state index in [1.165, 1.54) is 11.3 Å². The molecular formula is C18H12ClN3O2S. The normalized spacial score (nSPS) is 12.6. The molecule has 0 atom stereocenters. The van der Waals surface area contributed by atoms with Gasteiger partial charge in [0, 0.05) is 27.2 Å². The molecule has 3 aromatic rings. The van der Waals surface area contributed by atoms with Gasteiger partial charge in [-0.05, 0) is 42.0 Å². The zero-order valence-electron chi connectivity index (χ0n) is 12.9. The number of amides is 2. The molecule has 0 fully saturated rings. The van der Waals surface area contributed by atoms with Crippen molar-refractivity contribution in [3.63, 3.8) is 0 Å². The molecule has 2 heterocycles. The van der Waals surface area contributed by atoms with Crippen LogP contribution in [0, 0.1) is 0 Å². The Balaban J connectivity index is 1.53. The van der Waals surface area contributed by atoms with Gasteiger partial charge < -0.3 is 5.32 Å². The number of halogens is 1. The van der Waals surface area contributed by atoms with Gasteiger partial charge in [-0.25, -0.2) is 4.98 Å². The first-order chi connectivity index (χ1) is 12.1. The second kappa shape index (κ2) is 6.31. The standard InChI is InChI=1S/C18H12ClN3O2S/c19-13-4-1-10(2-5-13)17(24)22-18-21-15(9-25-18)11-3-6-14-12(7-11)8-16(23)20-14/h1-7,9H,8H2,(H,20,23)(H,21,22,24). The first-order valence-electron chi connectivity index (χ1n) is 7.54. The molecule has 7 heteroatoms. The maximum absolute atomic E-state index is 12.2. The topological polar surface area (TPSA) is 71.1 Å². The summed E-state index contributed by atoms with van der Waals surface area (Å²) in [6.07, 6.45) is 0.382. The van der Waals surface area contributed by atoms with Crippen molar-refractivity contribution < 1.29 is 9.59 Å². The van der Waals surface area contributed by atoms with Gasteiger partial charge in [0.05, 0.1) is 12.1 Å². The smallest absolute Gasteiger partial charge is 0.257 e. The Labute approximate surface area is 152 Å². The highest BCUT2D eigenvalue weighted by molar-refractivity contribution is 7.14. The minimum absolute atomic E-state index is 0.00125. The molecule has 1 aliphatic heterocycles. The van der Waals surface area contributed by atoms with Crippen LogP contribution in [0.4, 0.5) is 10.8 Å². The molecule has 4 rings (SSSR count). The minimum Gasteiger partial charge on any atom is -0.326 e. The fourth-order valence-electron chi connectivity index (χ4n) is 2.62. The lowest BCUT2D eigenvalue weighted by Crippen LogP contribution is -2.11. The number of hydrogen-bond donors (Lipinski definition) is 2. The molecule has 0 bridgehead atoms. The molecule has 0 unspecified atom stereocenters. The molecule has 5 nitrogen and oxygen atoms in total. The van der Waals surface area contributed by atoms with Gasteiger partial charge in [-0.1, -0.05) is 17.7 Å². The Morgan fingerprint density at radius 2 is 2.00 bits per heavy atom. The molecule has 0 spiro atoms. The van der Waals surface area contributed by atoms with Crippen molar-refractivity contribution in [3.05, 3.63) is 64.0 Å². The summed E-state index contributed by atoms with van der Waals surface area (Å²) in [6.45, 7) is 0. The highest BCUT2D eigenvalue weighted by atomic mass is 35.5. The summed E-state index contributed by atoms with van der Waals surface area (Å²) in [4.78, 5) is 28.1. The number of fused-ring (bicyclic) bond motifs is 1.